The van der Waals surface area contributed by atoms with E-state index in [1.54, 1.807) is 6.07 Å². The van der Waals surface area contributed by atoms with E-state index in [2.05, 4.69) is 10.3 Å². The molecule has 3 rings (SSSR count). The molecule has 0 aromatic heterocycles. The summed E-state index contributed by atoms with van der Waals surface area (Å²) < 4.78 is 14.0. The largest absolute Gasteiger partial charge is 0.393 e. The Bertz CT molecular complexity index is 538. The zero-order valence-electron chi connectivity index (χ0n) is 11.8. The monoisotopic (exact) mass is 293 g/mol. The maximum atomic E-state index is 14.0. The second-order valence-corrected chi connectivity index (χ2v) is 5.96. The Morgan fingerprint density at radius 1 is 1.38 bits per heavy atom. The Balaban J connectivity index is 1.80. The molecule has 2 saturated heterocycles. The Morgan fingerprint density at radius 3 is 2.67 bits per heavy atom. The molecule has 2 bridgehead atoms. The highest BCUT2D eigenvalue weighted by Crippen LogP contribution is 2.37. The zero-order chi connectivity index (χ0) is 15.0. The predicted molar refractivity (Wildman–Crippen MR) is 75.6 cm³/mol. The molecule has 1 aromatic rings. The molecular weight excluding hydrogens is 273 g/mol. The number of rotatable bonds is 3. The van der Waals surface area contributed by atoms with Gasteiger partial charge in [-0.15, -0.1) is 0 Å². The van der Waals surface area contributed by atoms with Crippen molar-refractivity contribution in [1.82, 2.24) is 10.3 Å². The van der Waals surface area contributed by atoms with E-state index in [1.165, 1.54) is 12.1 Å². The van der Waals surface area contributed by atoms with Crippen LogP contribution in [0.5, 0.6) is 0 Å². The summed E-state index contributed by atoms with van der Waals surface area (Å²) in [6.45, 7) is 0.472. The predicted octanol–water partition coefficient (Wildman–Crippen LogP) is 0.917. The summed E-state index contributed by atoms with van der Waals surface area (Å²) in [6, 6.07) is 4.91. The van der Waals surface area contributed by atoms with E-state index in [0.29, 0.717) is 29.8 Å². The number of aliphatic hydroxyl groups is 1. The van der Waals surface area contributed by atoms with Gasteiger partial charge in [0.2, 0.25) is 0 Å². The Hall–Kier alpha value is -1.50. The molecule has 5 nitrogen and oxygen atoms in total. The molecule has 6 heteroatoms. The van der Waals surface area contributed by atoms with Gasteiger partial charge in [0.1, 0.15) is 5.82 Å². The number of hydrogen-bond acceptors (Lipinski definition) is 4. The van der Waals surface area contributed by atoms with Gasteiger partial charge in [0, 0.05) is 29.8 Å². The molecule has 21 heavy (non-hydrogen) atoms. The van der Waals surface area contributed by atoms with Gasteiger partial charge in [-0.05, 0) is 43.9 Å². The molecule has 2 aliphatic rings. The summed E-state index contributed by atoms with van der Waals surface area (Å²) in [5.74, 6) is 4.38. The van der Waals surface area contributed by atoms with Crippen LogP contribution in [0, 0.1) is 5.82 Å². The normalized spacial score (nSPS) is 28.6. The summed E-state index contributed by atoms with van der Waals surface area (Å²) in [6.07, 6.45) is 3.36. The van der Waals surface area contributed by atoms with Crippen molar-refractivity contribution in [2.45, 2.75) is 50.4 Å². The quantitative estimate of drug-likeness (QED) is 0.440. The van der Waals surface area contributed by atoms with Crippen LogP contribution in [0.4, 0.5) is 4.39 Å². The lowest BCUT2D eigenvalue weighted by Gasteiger charge is -2.37. The number of fused-ring (bicyclic) bond motifs is 2. The first-order valence-corrected chi connectivity index (χ1v) is 7.31. The van der Waals surface area contributed by atoms with Crippen molar-refractivity contribution in [2.75, 3.05) is 0 Å². The topological polar surface area (TPSA) is 78.6 Å². The fraction of sp³-hybridized carbons (Fsp3) is 0.533. The molecule has 2 aliphatic heterocycles. The van der Waals surface area contributed by atoms with Crippen molar-refractivity contribution in [2.24, 2.45) is 5.84 Å². The molecule has 1 amide bonds. The third-order valence-corrected chi connectivity index (χ3v) is 4.65. The fourth-order valence-electron chi connectivity index (χ4n) is 3.62. The lowest BCUT2D eigenvalue weighted by Crippen LogP contribution is -2.44. The smallest absolute Gasteiger partial charge is 0.265 e. The first-order chi connectivity index (χ1) is 10.1. The molecule has 2 atom stereocenters. The Morgan fingerprint density at radius 2 is 2.05 bits per heavy atom. The van der Waals surface area contributed by atoms with E-state index < -0.39 is 5.91 Å². The van der Waals surface area contributed by atoms with Gasteiger partial charge < -0.3 is 5.11 Å². The summed E-state index contributed by atoms with van der Waals surface area (Å²) in [7, 11) is 0. The maximum absolute atomic E-state index is 14.0. The van der Waals surface area contributed by atoms with Crippen molar-refractivity contribution in [3.05, 3.63) is 35.1 Å². The van der Waals surface area contributed by atoms with E-state index in [9.17, 15) is 14.3 Å². The van der Waals surface area contributed by atoms with Crippen LogP contribution in [-0.4, -0.2) is 34.1 Å². The Kier molecular flexibility index (Phi) is 3.93. The molecule has 0 radical (unpaired) electrons. The lowest BCUT2D eigenvalue weighted by molar-refractivity contribution is 0.0305. The van der Waals surface area contributed by atoms with Gasteiger partial charge in [0.25, 0.3) is 5.91 Å². The van der Waals surface area contributed by atoms with E-state index in [1.807, 2.05) is 0 Å². The van der Waals surface area contributed by atoms with Crippen LogP contribution in [0.3, 0.4) is 0 Å². The maximum Gasteiger partial charge on any atom is 0.265 e. The number of nitrogens with one attached hydrogen (secondary N) is 1. The van der Waals surface area contributed by atoms with Crippen LogP contribution < -0.4 is 11.3 Å². The van der Waals surface area contributed by atoms with Gasteiger partial charge in [-0.2, -0.15) is 0 Å². The molecule has 2 heterocycles. The second-order valence-electron chi connectivity index (χ2n) is 5.96. The van der Waals surface area contributed by atoms with Gasteiger partial charge in [0.05, 0.1) is 6.10 Å². The van der Waals surface area contributed by atoms with Crippen molar-refractivity contribution in [3.8, 4) is 0 Å². The van der Waals surface area contributed by atoms with E-state index in [-0.39, 0.29) is 11.9 Å². The van der Waals surface area contributed by atoms with Crippen LogP contribution in [0.15, 0.2) is 18.2 Å². The molecule has 0 aliphatic carbocycles. The summed E-state index contributed by atoms with van der Waals surface area (Å²) in [4.78, 5) is 13.8. The first kappa shape index (κ1) is 14.4. The number of carbonyl (C=O) groups is 1. The first-order valence-electron chi connectivity index (χ1n) is 7.31. The molecule has 2 unspecified atom stereocenters. The SMILES string of the molecule is NNC(=O)c1ccc(F)c(CN2C3CCC2CC(O)C3)c1. The number of nitrogens with two attached hydrogens (primary N) is 1. The van der Waals surface area contributed by atoms with Gasteiger partial charge in [-0.25, -0.2) is 10.2 Å². The van der Waals surface area contributed by atoms with Gasteiger partial charge in [0.15, 0.2) is 0 Å². The number of carbonyl (C=O) groups excluding carboxylic acids is 1. The van der Waals surface area contributed by atoms with Gasteiger partial charge in [-0.1, -0.05) is 0 Å². The van der Waals surface area contributed by atoms with Gasteiger partial charge >= 0.3 is 0 Å². The average molecular weight is 293 g/mol. The van der Waals surface area contributed by atoms with Crippen LogP contribution in [0.2, 0.25) is 0 Å². The highest BCUT2D eigenvalue weighted by molar-refractivity contribution is 5.93. The number of amides is 1. The zero-order valence-corrected chi connectivity index (χ0v) is 11.8. The molecule has 2 fully saturated rings. The molecular formula is C15H20FN3O2. The number of aliphatic hydroxyl groups excluding tert-OH is 1. The van der Waals surface area contributed by atoms with Crippen LogP contribution in [0.25, 0.3) is 0 Å². The lowest BCUT2D eigenvalue weighted by atomic mass is 9.98. The minimum Gasteiger partial charge on any atom is -0.393 e. The van der Waals surface area contributed by atoms with Crippen molar-refractivity contribution in [3.63, 3.8) is 0 Å². The standard InChI is InChI=1S/C15H20FN3O2/c16-14-4-1-9(15(21)18-17)5-10(14)8-19-11-2-3-12(19)7-13(20)6-11/h1,4-5,11-13,20H,2-3,6-8,17H2,(H,18,21). The summed E-state index contributed by atoms with van der Waals surface area (Å²) in [5.41, 5.74) is 2.92. The van der Waals surface area contributed by atoms with Crippen LogP contribution >= 0.6 is 0 Å². The van der Waals surface area contributed by atoms with Crippen molar-refractivity contribution >= 4 is 5.91 Å². The van der Waals surface area contributed by atoms with E-state index >= 15 is 0 Å². The highest BCUT2D eigenvalue weighted by atomic mass is 19.1. The molecule has 1 aromatic carbocycles. The van der Waals surface area contributed by atoms with Crippen molar-refractivity contribution in [1.29, 1.82) is 0 Å². The number of hydrazine groups is 1. The number of hydrogen-bond donors (Lipinski definition) is 3. The second kappa shape index (κ2) is 5.71. The Labute approximate surface area is 122 Å². The average Bonchev–Trinajstić information content (AvgIpc) is 2.71. The number of piperidine rings is 1. The van der Waals surface area contributed by atoms with Crippen LogP contribution in [0.1, 0.15) is 41.6 Å². The minimum atomic E-state index is -0.423. The molecule has 0 saturated carbocycles. The molecule has 114 valence electrons. The summed E-state index contributed by atoms with van der Waals surface area (Å²) in [5, 5.41) is 9.81. The molecule has 0 spiro atoms. The molecule has 4 N–H and O–H groups in total. The highest BCUT2D eigenvalue weighted by Gasteiger charge is 2.40. The van der Waals surface area contributed by atoms with Gasteiger partial charge in [-0.3, -0.25) is 15.1 Å². The van der Waals surface area contributed by atoms with E-state index in [0.717, 1.165) is 25.7 Å². The van der Waals surface area contributed by atoms with Crippen molar-refractivity contribution < 1.29 is 14.3 Å². The third kappa shape index (κ3) is 2.79. The number of benzene rings is 1. The minimum absolute atomic E-state index is 0.238. The number of halogens is 1. The third-order valence-electron chi connectivity index (χ3n) is 4.65. The number of nitrogens with zero attached hydrogens (tertiary/aromatic N) is 1. The summed E-state index contributed by atoms with van der Waals surface area (Å²) >= 11 is 0. The van der Waals surface area contributed by atoms with E-state index in [4.69, 9.17) is 5.84 Å². The fourth-order valence-corrected chi connectivity index (χ4v) is 3.62. The number of nitrogen functional groups attached to an aromatic ring is 1. The van der Waals surface area contributed by atoms with Crippen LogP contribution in [-0.2, 0) is 6.54 Å².